The van der Waals surface area contributed by atoms with Gasteiger partial charge < -0.3 is 10.6 Å². The van der Waals surface area contributed by atoms with Crippen molar-refractivity contribution in [1.82, 2.24) is 5.32 Å². The molecule has 0 radical (unpaired) electrons. The normalized spacial score (nSPS) is 10.3. The van der Waals surface area contributed by atoms with Crippen molar-refractivity contribution < 1.29 is 4.79 Å². The van der Waals surface area contributed by atoms with Gasteiger partial charge in [0.05, 0.1) is 0 Å². The van der Waals surface area contributed by atoms with E-state index >= 15 is 0 Å². The van der Waals surface area contributed by atoms with Gasteiger partial charge in [0.2, 0.25) is 0 Å². The van der Waals surface area contributed by atoms with Crippen LogP contribution >= 0.6 is 0 Å². The highest BCUT2D eigenvalue weighted by molar-refractivity contribution is 6.04. The molecule has 0 saturated carbocycles. The first-order chi connectivity index (χ1) is 9.61. The Hall–Kier alpha value is -2.13. The molecule has 0 atom stereocenters. The summed E-state index contributed by atoms with van der Waals surface area (Å²) in [5.41, 5.74) is 4.93. The molecule has 104 valence electrons. The van der Waals surface area contributed by atoms with Gasteiger partial charge in [-0.05, 0) is 55.8 Å². The number of para-hydroxylation sites is 1. The summed E-state index contributed by atoms with van der Waals surface area (Å²) in [5.74, 6) is -0.0725. The molecule has 0 aromatic heterocycles. The molecule has 0 aliphatic carbocycles. The van der Waals surface area contributed by atoms with E-state index in [9.17, 15) is 4.79 Å². The van der Waals surface area contributed by atoms with Crippen LogP contribution in [0.4, 0.5) is 5.69 Å². The number of amides is 1. The highest BCUT2D eigenvalue weighted by Gasteiger charge is 2.09. The maximum Gasteiger partial charge on any atom is 0.255 e. The second-order valence-corrected chi connectivity index (χ2v) is 4.94. The van der Waals surface area contributed by atoms with Crippen molar-refractivity contribution in [1.29, 1.82) is 0 Å². The Labute approximate surface area is 120 Å². The zero-order valence-corrected chi connectivity index (χ0v) is 12.2. The molecule has 2 N–H and O–H groups in total. The fourth-order valence-electron chi connectivity index (χ4n) is 2.06. The summed E-state index contributed by atoms with van der Waals surface area (Å²) in [6.07, 6.45) is 0. The lowest BCUT2D eigenvalue weighted by Gasteiger charge is -2.11. The number of anilines is 1. The van der Waals surface area contributed by atoms with E-state index in [1.54, 1.807) is 0 Å². The van der Waals surface area contributed by atoms with E-state index in [1.165, 1.54) is 5.56 Å². The van der Waals surface area contributed by atoms with Gasteiger partial charge >= 0.3 is 0 Å². The van der Waals surface area contributed by atoms with Crippen molar-refractivity contribution in [2.75, 3.05) is 12.4 Å². The maximum absolute atomic E-state index is 12.3. The number of hydrogen-bond acceptors (Lipinski definition) is 2. The second-order valence-electron chi connectivity index (χ2n) is 4.94. The standard InChI is InChI=1S/C17H20N2O/c1-12-8-9-14(10-13(12)2)17(20)19-16-7-5-4-6-15(16)11-18-3/h4-10,18H,11H2,1-3H3,(H,19,20). The number of carbonyl (C=O) groups is 1. The van der Waals surface area contributed by atoms with Crippen LogP contribution in [-0.2, 0) is 6.54 Å². The summed E-state index contributed by atoms with van der Waals surface area (Å²) >= 11 is 0. The fourth-order valence-corrected chi connectivity index (χ4v) is 2.06. The lowest BCUT2D eigenvalue weighted by Crippen LogP contribution is -2.15. The Morgan fingerprint density at radius 1 is 1.05 bits per heavy atom. The largest absolute Gasteiger partial charge is 0.322 e. The highest BCUT2D eigenvalue weighted by Crippen LogP contribution is 2.17. The lowest BCUT2D eigenvalue weighted by molar-refractivity contribution is 0.102. The molecule has 0 bridgehead atoms. The first-order valence-electron chi connectivity index (χ1n) is 6.73. The number of benzene rings is 2. The molecule has 0 fully saturated rings. The quantitative estimate of drug-likeness (QED) is 0.893. The van der Waals surface area contributed by atoms with E-state index in [0.717, 1.165) is 23.4 Å². The summed E-state index contributed by atoms with van der Waals surface area (Å²) in [5, 5.41) is 6.08. The topological polar surface area (TPSA) is 41.1 Å². The van der Waals surface area contributed by atoms with E-state index in [4.69, 9.17) is 0 Å². The molecule has 20 heavy (non-hydrogen) atoms. The minimum absolute atomic E-state index is 0.0725. The van der Waals surface area contributed by atoms with Crippen LogP contribution in [0.15, 0.2) is 42.5 Å². The van der Waals surface area contributed by atoms with Gasteiger partial charge in [-0.15, -0.1) is 0 Å². The molecule has 2 aromatic carbocycles. The predicted molar refractivity (Wildman–Crippen MR) is 83.1 cm³/mol. The van der Waals surface area contributed by atoms with Crippen LogP contribution in [0.5, 0.6) is 0 Å². The molecule has 0 heterocycles. The van der Waals surface area contributed by atoms with E-state index < -0.39 is 0 Å². The molecule has 3 nitrogen and oxygen atoms in total. The first kappa shape index (κ1) is 14.3. The molecular weight excluding hydrogens is 248 g/mol. The number of rotatable bonds is 4. The predicted octanol–water partition coefficient (Wildman–Crippen LogP) is 3.28. The SMILES string of the molecule is CNCc1ccccc1NC(=O)c1ccc(C)c(C)c1. The Kier molecular flexibility index (Phi) is 4.53. The van der Waals surface area contributed by atoms with Crippen LogP contribution in [0, 0.1) is 13.8 Å². The van der Waals surface area contributed by atoms with Crippen LogP contribution in [0.3, 0.4) is 0 Å². The van der Waals surface area contributed by atoms with Gasteiger partial charge in [0.15, 0.2) is 0 Å². The van der Waals surface area contributed by atoms with Gasteiger partial charge in [-0.1, -0.05) is 24.3 Å². The fraction of sp³-hybridized carbons (Fsp3) is 0.235. The molecule has 1 amide bonds. The van der Waals surface area contributed by atoms with Crippen LogP contribution in [0.25, 0.3) is 0 Å². The summed E-state index contributed by atoms with van der Waals surface area (Å²) in [7, 11) is 1.89. The molecule has 0 saturated heterocycles. The Balaban J connectivity index is 2.21. The molecule has 0 aliphatic heterocycles. The van der Waals surface area contributed by atoms with Crippen molar-refractivity contribution in [3.05, 3.63) is 64.7 Å². The third-order valence-corrected chi connectivity index (χ3v) is 3.40. The minimum Gasteiger partial charge on any atom is -0.322 e. The summed E-state index contributed by atoms with van der Waals surface area (Å²) in [6, 6.07) is 13.6. The van der Waals surface area contributed by atoms with Crippen LogP contribution in [0.2, 0.25) is 0 Å². The molecule has 3 heteroatoms. The van der Waals surface area contributed by atoms with Gasteiger partial charge in [0.1, 0.15) is 0 Å². The number of hydrogen-bond donors (Lipinski definition) is 2. The minimum atomic E-state index is -0.0725. The molecule has 0 unspecified atom stereocenters. The van der Waals surface area contributed by atoms with E-state index in [-0.39, 0.29) is 5.91 Å². The lowest BCUT2D eigenvalue weighted by atomic mass is 10.1. The number of aryl methyl sites for hydroxylation is 2. The van der Waals surface area contributed by atoms with Gasteiger partial charge in [0.25, 0.3) is 5.91 Å². The third kappa shape index (κ3) is 3.25. The maximum atomic E-state index is 12.3. The van der Waals surface area contributed by atoms with Gasteiger partial charge in [-0.25, -0.2) is 0 Å². The van der Waals surface area contributed by atoms with Gasteiger partial charge in [0, 0.05) is 17.8 Å². The van der Waals surface area contributed by atoms with Crippen molar-refractivity contribution in [2.45, 2.75) is 20.4 Å². The van der Waals surface area contributed by atoms with Gasteiger partial charge in [-0.2, -0.15) is 0 Å². The van der Waals surface area contributed by atoms with Crippen molar-refractivity contribution in [3.63, 3.8) is 0 Å². The zero-order chi connectivity index (χ0) is 14.5. The third-order valence-electron chi connectivity index (χ3n) is 3.40. The van der Waals surface area contributed by atoms with Crippen LogP contribution in [-0.4, -0.2) is 13.0 Å². The van der Waals surface area contributed by atoms with Crippen molar-refractivity contribution in [3.8, 4) is 0 Å². The molecule has 0 spiro atoms. The average molecular weight is 268 g/mol. The van der Waals surface area contributed by atoms with Gasteiger partial charge in [-0.3, -0.25) is 4.79 Å². The van der Waals surface area contributed by atoms with Crippen LogP contribution in [0.1, 0.15) is 27.0 Å². The van der Waals surface area contributed by atoms with Crippen molar-refractivity contribution in [2.24, 2.45) is 0 Å². The summed E-state index contributed by atoms with van der Waals surface area (Å²) < 4.78 is 0. The second kappa shape index (κ2) is 6.35. The van der Waals surface area contributed by atoms with Crippen LogP contribution < -0.4 is 10.6 Å². The summed E-state index contributed by atoms with van der Waals surface area (Å²) in [6.45, 7) is 4.78. The number of carbonyl (C=O) groups excluding carboxylic acids is 1. The smallest absolute Gasteiger partial charge is 0.255 e. The average Bonchev–Trinajstić information content (AvgIpc) is 2.44. The molecular formula is C17H20N2O. The van der Waals surface area contributed by atoms with E-state index in [1.807, 2.05) is 63.4 Å². The Morgan fingerprint density at radius 3 is 2.50 bits per heavy atom. The summed E-state index contributed by atoms with van der Waals surface area (Å²) in [4.78, 5) is 12.3. The van der Waals surface area contributed by atoms with E-state index in [0.29, 0.717) is 5.56 Å². The zero-order valence-electron chi connectivity index (χ0n) is 12.2. The Morgan fingerprint density at radius 2 is 1.80 bits per heavy atom. The molecule has 2 aromatic rings. The molecule has 2 rings (SSSR count). The first-order valence-corrected chi connectivity index (χ1v) is 6.73. The van der Waals surface area contributed by atoms with Crippen molar-refractivity contribution >= 4 is 11.6 Å². The highest BCUT2D eigenvalue weighted by atomic mass is 16.1. The Bertz CT molecular complexity index is 620. The monoisotopic (exact) mass is 268 g/mol. The van der Waals surface area contributed by atoms with E-state index in [2.05, 4.69) is 10.6 Å². The molecule has 0 aliphatic rings. The number of nitrogens with one attached hydrogen (secondary N) is 2.